The Morgan fingerprint density at radius 2 is 1.41 bits per heavy atom. The molecule has 0 heterocycles. The van der Waals surface area contributed by atoms with Crippen molar-refractivity contribution in [1.29, 1.82) is 0 Å². The molecule has 3 heteroatoms. The summed E-state index contributed by atoms with van der Waals surface area (Å²) < 4.78 is 1.02. The van der Waals surface area contributed by atoms with E-state index in [1.807, 2.05) is 42.5 Å². The third-order valence-electron chi connectivity index (χ3n) is 4.43. The molecule has 2 nitrogen and oxygen atoms in total. The van der Waals surface area contributed by atoms with Crippen LogP contribution in [0, 0.1) is 0 Å². The number of amides is 1. The average molecular weight is 420 g/mol. The lowest BCUT2D eigenvalue weighted by molar-refractivity contribution is -0.116. The number of hydrogen-bond donors (Lipinski definition) is 1. The number of benzene rings is 3. The monoisotopic (exact) mass is 419 g/mol. The summed E-state index contributed by atoms with van der Waals surface area (Å²) in [4.78, 5) is 12.1. The predicted octanol–water partition coefficient (Wildman–Crippen LogP) is 5.80. The highest BCUT2D eigenvalue weighted by molar-refractivity contribution is 9.10. The molecule has 0 radical (unpaired) electrons. The topological polar surface area (TPSA) is 29.1 Å². The van der Waals surface area contributed by atoms with Gasteiger partial charge in [0.05, 0.1) is 0 Å². The Morgan fingerprint density at radius 1 is 0.852 bits per heavy atom. The first-order chi connectivity index (χ1) is 13.2. The summed E-state index contributed by atoms with van der Waals surface area (Å²) in [6, 6.07) is 28.7. The fraction of sp³-hybridized carbons (Fsp3) is 0.125. The van der Waals surface area contributed by atoms with E-state index >= 15 is 0 Å². The number of carbonyl (C=O) groups excluding carboxylic acids is 1. The zero-order chi connectivity index (χ0) is 18.9. The molecule has 0 saturated carbocycles. The Labute approximate surface area is 169 Å². The van der Waals surface area contributed by atoms with E-state index in [0.717, 1.165) is 16.5 Å². The van der Waals surface area contributed by atoms with Crippen LogP contribution in [0.2, 0.25) is 0 Å². The van der Waals surface area contributed by atoms with Gasteiger partial charge in [-0.15, -0.1) is 0 Å². The van der Waals surface area contributed by atoms with Gasteiger partial charge in [0.25, 0.3) is 0 Å². The van der Waals surface area contributed by atoms with E-state index in [1.165, 1.54) is 11.1 Å². The van der Waals surface area contributed by atoms with Crippen molar-refractivity contribution >= 4 is 27.9 Å². The van der Waals surface area contributed by atoms with Gasteiger partial charge in [-0.1, -0.05) is 88.7 Å². The second-order valence-corrected chi connectivity index (χ2v) is 7.25. The molecule has 1 N–H and O–H groups in total. The minimum atomic E-state index is -0.0715. The summed E-state index contributed by atoms with van der Waals surface area (Å²) >= 11 is 3.41. The van der Waals surface area contributed by atoms with Crippen LogP contribution in [0.3, 0.4) is 0 Å². The van der Waals surface area contributed by atoms with Crippen molar-refractivity contribution in [3.05, 3.63) is 112 Å². The first kappa shape index (κ1) is 19.1. The van der Waals surface area contributed by atoms with Gasteiger partial charge in [-0.25, -0.2) is 0 Å². The molecular formula is C24H22BrNO. The Hall–Kier alpha value is -2.65. The number of carbonyl (C=O) groups is 1. The molecule has 3 rings (SSSR count). The summed E-state index contributed by atoms with van der Waals surface area (Å²) in [6.45, 7) is 0.623. The molecule has 0 unspecified atom stereocenters. The smallest absolute Gasteiger partial charge is 0.243 e. The normalized spacial score (nSPS) is 11.0. The maximum atomic E-state index is 12.1. The van der Waals surface area contributed by atoms with Gasteiger partial charge in [0.15, 0.2) is 0 Å². The molecule has 0 atom stereocenters. The first-order valence-corrected chi connectivity index (χ1v) is 9.83. The van der Waals surface area contributed by atoms with Gasteiger partial charge in [0, 0.05) is 23.0 Å². The van der Waals surface area contributed by atoms with Crippen molar-refractivity contribution in [2.75, 3.05) is 6.54 Å². The van der Waals surface area contributed by atoms with Crippen LogP contribution >= 0.6 is 15.9 Å². The van der Waals surface area contributed by atoms with Gasteiger partial charge < -0.3 is 5.32 Å². The van der Waals surface area contributed by atoms with Crippen LogP contribution in [0.5, 0.6) is 0 Å². The SMILES string of the molecule is O=C(C=Cc1ccc(Br)cc1)NCCC(c1ccccc1)c1ccccc1. The minimum absolute atomic E-state index is 0.0715. The molecule has 0 aliphatic carbocycles. The third kappa shape index (κ3) is 5.93. The molecule has 3 aromatic rings. The zero-order valence-electron chi connectivity index (χ0n) is 15.0. The Morgan fingerprint density at radius 3 is 1.96 bits per heavy atom. The Balaban J connectivity index is 1.59. The highest BCUT2D eigenvalue weighted by Crippen LogP contribution is 2.27. The second-order valence-electron chi connectivity index (χ2n) is 6.34. The molecule has 0 bridgehead atoms. The van der Waals surface area contributed by atoms with Gasteiger partial charge >= 0.3 is 0 Å². The molecule has 0 fully saturated rings. The van der Waals surface area contributed by atoms with E-state index in [2.05, 4.69) is 69.8 Å². The van der Waals surface area contributed by atoms with Crippen LogP contribution in [-0.4, -0.2) is 12.5 Å². The number of hydrogen-bond acceptors (Lipinski definition) is 1. The Kier molecular flexibility index (Phi) is 7.00. The van der Waals surface area contributed by atoms with E-state index < -0.39 is 0 Å². The summed E-state index contributed by atoms with van der Waals surface area (Å²) in [6.07, 6.45) is 4.27. The zero-order valence-corrected chi connectivity index (χ0v) is 16.6. The molecular weight excluding hydrogens is 398 g/mol. The Bertz CT molecular complexity index is 834. The fourth-order valence-electron chi connectivity index (χ4n) is 3.04. The molecule has 0 aromatic heterocycles. The largest absolute Gasteiger partial charge is 0.353 e. The van der Waals surface area contributed by atoms with Crippen molar-refractivity contribution in [3.8, 4) is 0 Å². The summed E-state index contributed by atoms with van der Waals surface area (Å²) in [5, 5.41) is 3.00. The summed E-state index contributed by atoms with van der Waals surface area (Å²) in [5.41, 5.74) is 3.53. The lowest BCUT2D eigenvalue weighted by atomic mass is 9.88. The maximum absolute atomic E-state index is 12.1. The number of halogens is 1. The fourth-order valence-corrected chi connectivity index (χ4v) is 3.31. The number of nitrogens with one attached hydrogen (secondary N) is 1. The maximum Gasteiger partial charge on any atom is 0.243 e. The standard InChI is InChI=1S/C24H22BrNO/c25-22-14-11-19(12-15-22)13-16-24(27)26-18-17-23(20-7-3-1-4-8-20)21-9-5-2-6-10-21/h1-16,23H,17-18H2,(H,26,27). The van der Waals surface area contributed by atoms with Crippen LogP contribution in [-0.2, 0) is 4.79 Å². The van der Waals surface area contributed by atoms with E-state index in [4.69, 9.17) is 0 Å². The molecule has 0 saturated heterocycles. The van der Waals surface area contributed by atoms with Crippen LogP contribution < -0.4 is 5.32 Å². The molecule has 136 valence electrons. The molecule has 1 amide bonds. The summed E-state index contributed by atoms with van der Waals surface area (Å²) in [7, 11) is 0. The molecule has 0 aliphatic rings. The van der Waals surface area contributed by atoms with Gasteiger partial charge in [-0.05, 0) is 41.3 Å². The molecule has 3 aromatic carbocycles. The van der Waals surface area contributed by atoms with Gasteiger partial charge in [-0.2, -0.15) is 0 Å². The van der Waals surface area contributed by atoms with E-state index in [1.54, 1.807) is 6.08 Å². The lowest BCUT2D eigenvalue weighted by Crippen LogP contribution is -2.23. The highest BCUT2D eigenvalue weighted by Gasteiger charge is 2.13. The minimum Gasteiger partial charge on any atom is -0.353 e. The van der Waals surface area contributed by atoms with Crippen LogP contribution in [0.25, 0.3) is 6.08 Å². The van der Waals surface area contributed by atoms with Crippen molar-refractivity contribution in [2.24, 2.45) is 0 Å². The molecule has 0 spiro atoms. The third-order valence-corrected chi connectivity index (χ3v) is 4.96. The van der Waals surface area contributed by atoms with Crippen LogP contribution in [0.15, 0.2) is 95.5 Å². The van der Waals surface area contributed by atoms with Gasteiger partial charge in [0.2, 0.25) is 5.91 Å². The van der Waals surface area contributed by atoms with E-state index in [0.29, 0.717) is 6.54 Å². The van der Waals surface area contributed by atoms with Crippen molar-refractivity contribution < 1.29 is 4.79 Å². The van der Waals surface area contributed by atoms with Crippen LogP contribution in [0.1, 0.15) is 29.0 Å². The average Bonchev–Trinajstić information content (AvgIpc) is 2.72. The van der Waals surface area contributed by atoms with Crippen LogP contribution in [0.4, 0.5) is 0 Å². The number of rotatable bonds is 7. The van der Waals surface area contributed by atoms with E-state index in [-0.39, 0.29) is 11.8 Å². The lowest BCUT2D eigenvalue weighted by Gasteiger charge is -2.18. The van der Waals surface area contributed by atoms with Gasteiger partial charge in [0.1, 0.15) is 0 Å². The quantitative estimate of drug-likeness (QED) is 0.481. The van der Waals surface area contributed by atoms with Crippen molar-refractivity contribution in [3.63, 3.8) is 0 Å². The van der Waals surface area contributed by atoms with Gasteiger partial charge in [-0.3, -0.25) is 4.79 Å². The first-order valence-electron chi connectivity index (χ1n) is 9.04. The second kappa shape index (κ2) is 9.89. The summed E-state index contributed by atoms with van der Waals surface area (Å²) in [5.74, 6) is 0.195. The highest BCUT2D eigenvalue weighted by atomic mass is 79.9. The van der Waals surface area contributed by atoms with Crippen molar-refractivity contribution in [2.45, 2.75) is 12.3 Å². The van der Waals surface area contributed by atoms with E-state index in [9.17, 15) is 4.79 Å². The molecule has 27 heavy (non-hydrogen) atoms. The molecule has 0 aliphatic heterocycles. The van der Waals surface area contributed by atoms with Crippen molar-refractivity contribution in [1.82, 2.24) is 5.32 Å². The predicted molar refractivity (Wildman–Crippen MR) is 116 cm³/mol.